The highest BCUT2D eigenvalue weighted by Gasteiger charge is 2.31. The van der Waals surface area contributed by atoms with Crippen molar-refractivity contribution in [3.8, 4) is 0 Å². The summed E-state index contributed by atoms with van der Waals surface area (Å²) in [5.74, 6) is 0. The number of halogens is 3. The van der Waals surface area contributed by atoms with Crippen molar-refractivity contribution in [2.24, 2.45) is 14.1 Å². The lowest BCUT2D eigenvalue weighted by molar-refractivity contribution is -0.137. The Bertz CT molecular complexity index is 1160. The van der Waals surface area contributed by atoms with E-state index >= 15 is 0 Å². The maximum absolute atomic E-state index is 13.0. The Morgan fingerprint density at radius 3 is 1.82 bits per heavy atom. The third-order valence-corrected chi connectivity index (χ3v) is 5.61. The van der Waals surface area contributed by atoms with Crippen molar-refractivity contribution in [3.63, 3.8) is 0 Å². The zero-order chi connectivity index (χ0) is 19.9. The Balaban J connectivity index is 1.83. The van der Waals surface area contributed by atoms with Gasteiger partial charge in [-0.05, 0) is 62.6 Å². The average Bonchev–Trinajstić information content (AvgIpc) is 3.23. The summed E-state index contributed by atoms with van der Waals surface area (Å²) in [6.45, 7) is 0. The zero-order valence-corrected chi connectivity index (χ0v) is 15.8. The second kappa shape index (κ2) is 6.97. The van der Waals surface area contributed by atoms with Gasteiger partial charge >= 0.3 is 6.18 Å². The van der Waals surface area contributed by atoms with Crippen LogP contribution in [-0.2, 0) is 20.3 Å². The summed E-state index contributed by atoms with van der Waals surface area (Å²) in [6, 6.07) is 3.21. The minimum absolute atomic E-state index is 0.105. The second-order valence-corrected chi connectivity index (χ2v) is 7.32. The summed E-state index contributed by atoms with van der Waals surface area (Å²) >= 11 is 2.21. The molecule has 0 unspecified atom stereocenters. The van der Waals surface area contributed by atoms with Crippen molar-refractivity contribution in [2.75, 3.05) is 0 Å². The highest BCUT2D eigenvalue weighted by molar-refractivity contribution is 8.02. The van der Waals surface area contributed by atoms with Crippen LogP contribution in [0.5, 0.6) is 0 Å². The van der Waals surface area contributed by atoms with E-state index in [2.05, 4.69) is 41.0 Å². The van der Waals surface area contributed by atoms with Gasteiger partial charge in [0, 0.05) is 14.1 Å². The highest BCUT2D eigenvalue weighted by Crippen LogP contribution is 2.37. The Morgan fingerprint density at radius 2 is 1.36 bits per heavy atom. The number of rotatable bonds is 4. The third kappa shape index (κ3) is 3.62. The largest absolute Gasteiger partial charge is 0.416 e. The monoisotopic (exact) mass is 426 g/mol. The van der Waals surface area contributed by atoms with Crippen LogP contribution in [0.3, 0.4) is 0 Å². The molecule has 0 amide bonds. The molecule has 0 spiro atoms. The van der Waals surface area contributed by atoms with Crippen LogP contribution in [0.25, 0.3) is 11.0 Å². The first kappa shape index (κ1) is 18.5. The number of alkyl halides is 3. The Kier molecular flexibility index (Phi) is 4.62. The lowest BCUT2D eigenvalue weighted by Crippen LogP contribution is -2.05. The molecule has 144 valence electrons. The maximum Gasteiger partial charge on any atom is 0.416 e. The third-order valence-electron chi connectivity index (χ3n) is 3.47. The van der Waals surface area contributed by atoms with Gasteiger partial charge in [0.15, 0.2) is 0 Å². The van der Waals surface area contributed by atoms with Gasteiger partial charge in [-0.1, -0.05) is 0 Å². The zero-order valence-electron chi connectivity index (χ0n) is 14.2. The summed E-state index contributed by atoms with van der Waals surface area (Å²) in [5.41, 5.74) is -0.387. The van der Waals surface area contributed by atoms with Crippen molar-refractivity contribution < 1.29 is 13.2 Å². The molecule has 0 bridgehead atoms. The summed E-state index contributed by atoms with van der Waals surface area (Å²) in [6.07, 6.45) is -4.48. The van der Waals surface area contributed by atoms with Crippen LogP contribution in [0, 0.1) is 0 Å². The van der Waals surface area contributed by atoms with Gasteiger partial charge in [0.2, 0.25) is 10.3 Å². The average molecular weight is 426 g/mol. The maximum atomic E-state index is 13.0. The van der Waals surface area contributed by atoms with Gasteiger partial charge in [0.1, 0.15) is 10.1 Å². The van der Waals surface area contributed by atoms with Crippen LogP contribution in [0.15, 0.2) is 38.6 Å². The van der Waals surface area contributed by atoms with Gasteiger partial charge in [-0.2, -0.15) is 13.2 Å². The molecule has 0 atom stereocenters. The molecule has 3 aromatic heterocycles. The van der Waals surface area contributed by atoms with Crippen molar-refractivity contribution >= 4 is 34.6 Å². The first-order chi connectivity index (χ1) is 13.3. The molecular formula is C13H9F3N10S2. The fourth-order valence-electron chi connectivity index (χ4n) is 2.12. The van der Waals surface area contributed by atoms with E-state index in [9.17, 15) is 13.2 Å². The Labute approximate surface area is 162 Å². The molecule has 28 heavy (non-hydrogen) atoms. The molecule has 0 aliphatic carbocycles. The molecule has 15 heteroatoms. The molecule has 1 aromatic carbocycles. The van der Waals surface area contributed by atoms with Gasteiger partial charge in [0.25, 0.3) is 0 Å². The normalized spacial score (nSPS) is 12.0. The molecule has 0 N–H and O–H groups in total. The topological polar surface area (TPSA) is 113 Å². The number of aromatic nitrogens is 10. The van der Waals surface area contributed by atoms with Crippen molar-refractivity contribution in [1.29, 1.82) is 0 Å². The molecule has 0 aliphatic rings. The predicted octanol–water partition coefficient (Wildman–Crippen LogP) is 2.00. The number of hydrogen-bond donors (Lipinski definition) is 0. The van der Waals surface area contributed by atoms with Crippen LogP contribution in [0.1, 0.15) is 5.56 Å². The number of fused-ring (bicyclic) bond motifs is 1. The van der Waals surface area contributed by atoms with Gasteiger partial charge < -0.3 is 0 Å². The van der Waals surface area contributed by atoms with E-state index in [1.807, 2.05) is 0 Å². The van der Waals surface area contributed by atoms with Crippen molar-refractivity contribution in [3.05, 3.63) is 23.8 Å². The minimum Gasteiger partial charge on any atom is -0.236 e. The molecule has 0 fully saturated rings. The van der Waals surface area contributed by atoms with E-state index in [1.165, 1.54) is 15.4 Å². The molecule has 4 rings (SSSR count). The SMILES string of the molecule is Cn1nnnc1Sc1nc2ccc(C(F)(F)F)cc2nc1Sc1nnnn1C. The van der Waals surface area contributed by atoms with E-state index in [-0.39, 0.29) is 5.52 Å². The standard InChI is InChI=1S/C13H9F3N10S2/c1-25-11(19-21-23-25)27-9-10(28-12-20-22-24-26(12)2)18-8-5-6(13(14,15)16)3-4-7(8)17-9/h3-5H,1-2H3. The van der Waals surface area contributed by atoms with E-state index in [0.29, 0.717) is 25.9 Å². The lowest BCUT2D eigenvalue weighted by atomic mass is 10.2. The van der Waals surface area contributed by atoms with Gasteiger partial charge in [-0.25, -0.2) is 19.3 Å². The number of hydrogen-bond acceptors (Lipinski definition) is 10. The van der Waals surface area contributed by atoms with E-state index < -0.39 is 11.7 Å². The number of tetrazole rings is 2. The fourth-order valence-corrected chi connectivity index (χ4v) is 3.76. The van der Waals surface area contributed by atoms with E-state index in [1.54, 1.807) is 14.1 Å². The lowest BCUT2D eigenvalue weighted by Gasteiger charge is -2.10. The summed E-state index contributed by atoms with van der Waals surface area (Å²) in [7, 11) is 3.30. The molecular weight excluding hydrogens is 417 g/mol. The van der Waals surface area contributed by atoms with E-state index in [4.69, 9.17) is 0 Å². The molecule has 0 saturated carbocycles. The predicted molar refractivity (Wildman–Crippen MR) is 90.4 cm³/mol. The summed E-state index contributed by atoms with van der Waals surface area (Å²) in [4.78, 5) is 8.82. The quantitative estimate of drug-likeness (QED) is 0.480. The van der Waals surface area contributed by atoms with Crippen molar-refractivity contribution in [1.82, 2.24) is 50.4 Å². The Hall–Kier alpha value is -2.81. The van der Waals surface area contributed by atoms with Gasteiger partial charge in [0.05, 0.1) is 16.6 Å². The van der Waals surface area contributed by atoms with Gasteiger partial charge in [-0.3, -0.25) is 0 Å². The van der Waals surface area contributed by atoms with E-state index in [0.717, 1.165) is 35.7 Å². The number of aryl methyl sites for hydroxylation is 2. The molecule has 0 saturated heterocycles. The Morgan fingerprint density at radius 1 is 0.821 bits per heavy atom. The summed E-state index contributed by atoms with van der Waals surface area (Å²) in [5, 5.41) is 23.9. The van der Waals surface area contributed by atoms with Gasteiger partial charge in [-0.15, -0.1) is 10.2 Å². The minimum atomic E-state index is -4.48. The van der Waals surface area contributed by atoms with Crippen LogP contribution in [0.4, 0.5) is 13.2 Å². The number of benzene rings is 1. The van der Waals surface area contributed by atoms with Crippen LogP contribution in [0.2, 0.25) is 0 Å². The summed E-state index contributed by atoms with van der Waals surface area (Å²) < 4.78 is 42.0. The second-order valence-electron chi connectivity index (χ2n) is 5.41. The molecule has 10 nitrogen and oxygen atoms in total. The molecule has 3 heterocycles. The van der Waals surface area contributed by atoms with Crippen LogP contribution >= 0.6 is 23.5 Å². The molecule has 0 aliphatic heterocycles. The van der Waals surface area contributed by atoms with Crippen LogP contribution in [-0.4, -0.2) is 50.4 Å². The molecule has 0 radical (unpaired) electrons. The smallest absolute Gasteiger partial charge is 0.236 e. The van der Waals surface area contributed by atoms with Crippen LogP contribution < -0.4 is 0 Å². The molecule has 4 aromatic rings. The first-order valence-corrected chi connectivity index (χ1v) is 9.14. The fraction of sp³-hybridized carbons (Fsp3) is 0.231. The van der Waals surface area contributed by atoms with Crippen molar-refractivity contribution in [2.45, 2.75) is 26.5 Å². The number of nitrogens with zero attached hydrogens (tertiary/aromatic N) is 10. The first-order valence-electron chi connectivity index (χ1n) is 7.50. The highest BCUT2D eigenvalue weighted by atomic mass is 32.2.